The molecule has 0 aromatic heterocycles. The van der Waals surface area contributed by atoms with Crippen LogP contribution in [0.15, 0.2) is 72.8 Å². The number of likely N-dealkylation sites (tertiary alicyclic amines) is 1. The first-order chi connectivity index (χ1) is 20.7. The van der Waals surface area contributed by atoms with Crippen molar-refractivity contribution >= 4 is 31.6 Å². The summed E-state index contributed by atoms with van der Waals surface area (Å²) < 4.78 is 54.3. The Balaban J connectivity index is 1.63. The van der Waals surface area contributed by atoms with E-state index in [-0.39, 0.29) is 23.8 Å². The zero-order chi connectivity index (χ0) is 32.1. The van der Waals surface area contributed by atoms with Crippen LogP contribution in [0, 0.1) is 6.92 Å². The highest BCUT2D eigenvalue weighted by Gasteiger charge is 2.38. The average molecular weight is 643 g/mol. The Morgan fingerprint density at radius 3 is 2.30 bits per heavy atom. The number of carbonyl (C=O) groups excluding carboxylic acids is 1. The van der Waals surface area contributed by atoms with Gasteiger partial charge in [-0.1, -0.05) is 48.5 Å². The molecule has 1 amide bonds. The van der Waals surface area contributed by atoms with Gasteiger partial charge in [-0.05, 0) is 66.3 Å². The van der Waals surface area contributed by atoms with Crippen LogP contribution in [-0.2, 0) is 31.0 Å². The predicted molar refractivity (Wildman–Crippen MR) is 169 cm³/mol. The van der Waals surface area contributed by atoms with Gasteiger partial charge in [0.25, 0.3) is 5.91 Å². The number of nitrogens with zero attached hydrogens (tertiary/aromatic N) is 1. The normalized spacial score (nSPS) is 18.1. The molecule has 44 heavy (non-hydrogen) atoms. The topological polar surface area (TPSA) is 147 Å². The molecule has 2 N–H and O–H groups in total. The van der Waals surface area contributed by atoms with E-state index in [9.17, 15) is 31.5 Å². The van der Waals surface area contributed by atoms with Crippen LogP contribution in [0.2, 0.25) is 0 Å². The van der Waals surface area contributed by atoms with E-state index in [2.05, 4.69) is 10.2 Å². The van der Waals surface area contributed by atoms with Crippen LogP contribution in [0.5, 0.6) is 5.75 Å². The summed E-state index contributed by atoms with van der Waals surface area (Å²) in [5.74, 6) is -1.64. The number of carboxylic acids is 1. The van der Waals surface area contributed by atoms with Gasteiger partial charge in [0.15, 0.2) is 9.84 Å². The third-order valence-electron chi connectivity index (χ3n) is 7.81. The summed E-state index contributed by atoms with van der Waals surface area (Å²) in [5, 5.41) is 11.6. The number of carboxylic acid groups (broad SMARTS) is 1. The molecule has 0 radical (unpaired) electrons. The van der Waals surface area contributed by atoms with Gasteiger partial charge in [-0.3, -0.25) is 9.69 Å². The maximum absolute atomic E-state index is 13.5. The third-order valence-corrected chi connectivity index (χ3v) is 10.3. The molecule has 0 spiro atoms. The van der Waals surface area contributed by atoms with E-state index in [1.54, 1.807) is 12.1 Å². The molecule has 0 aliphatic carbocycles. The van der Waals surface area contributed by atoms with E-state index in [1.807, 2.05) is 67.6 Å². The Bertz CT molecular complexity index is 1710. The monoisotopic (exact) mass is 642 g/mol. The number of benzene rings is 3. The number of ether oxygens (including phenoxy) is 1. The van der Waals surface area contributed by atoms with E-state index in [0.29, 0.717) is 37.4 Å². The predicted octanol–water partition coefficient (Wildman–Crippen LogP) is 3.35. The van der Waals surface area contributed by atoms with Crippen molar-refractivity contribution < 1.29 is 36.3 Å². The van der Waals surface area contributed by atoms with Crippen molar-refractivity contribution in [2.75, 3.05) is 31.4 Å². The highest BCUT2D eigenvalue weighted by molar-refractivity contribution is 7.91. The Morgan fingerprint density at radius 2 is 1.66 bits per heavy atom. The molecule has 4 rings (SSSR count). The molecule has 3 atom stereocenters. The molecule has 1 fully saturated rings. The summed E-state index contributed by atoms with van der Waals surface area (Å²) in [4.78, 5) is 27.4. The summed E-state index contributed by atoms with van der Waals surface area (Å²) >= 11 is 0. The fraction of sp³-hybridized carbons (Fsp3) is 0.375. The van der Waals surface area contributed by atoms with Gasteiger partial charge in [0, 0.05) is 37.2 Å². The fourth-order valence-electron chi connectivity index (χ4n) is 5.37. The van der Waals surface area contributed by atoms with E-state index < -0.39 is 42.8 Å². The van der Waals surface area contributed by atoms with Gasteiger partial charge in [0.1, 0.15) is 28.2 Å². The van der Waals surface area contributed by atoms with Gasteiger partial charge in [-0.25, -0.2) is 21.6 Å². The summed E-state index contributed by atoms with van der Waals surface area (Å²) in [7, 11) is -6.72. The number of aryl methyl sites for hydroxylation is 1. The van der Waals surface area contributed by atoms with Crippen molar-refractivity contribution in [2.24, 2.45) is 0 Å². The van der Waals surface area contributed by atoms with E-state index in [4.69, 9.17) is 4.74 Å². The third kappa shape index (κ3) is 8.90. The number of hydrogen-bond donors (Lipinski definition) is 2. The number of para-hydroxylation sites is 1. The lowest BCUT2D eigenvalue weighted by Crippen LogP contribution is -2.42. The van der Waals surface area contributed by atoms with Crippen LogP contribution in [0.4, 0.5) is 0 Å². The minimum absolute atomic E-state index is 0.161. The maximum Gasteiger partial charge on any atom is 0.326 e. The van der Waals surface area contributed by atoms with Crippen molar-refractivity contribution in [3.63, 3.8) is 0 Å². The Morgan fingerprint density at radius 1 is 0.977 bits per heavy atom. The lowest BCUT2D eigenvalue weighted by atomic mass is 9.93. The second-order valence-corrected chi connectivity index (χ2v) is 16.0. The summed E-state index contributed by atoms with van der Waals surface area (Å²) in [6, 6.07) is 20.5. The molecule has 0 saturated carbocycles. The first-order valence-electron chi connectivity index (χ1n) is 14.2. The second kappa shape index (κ2) is 13.9. The zero-order valence-electron chi connectivity index (χ0n) is 25.0. The number of sulfone groups is 2. The van der Waals surface area contributed by atoms with Crippen LogP contribution in [0.3, 0.4) is 0 Å². The van der Waals surface area contributed by atoms with Crippen LogP contribution in [0.25, 0.3) is 11.1 Å². The summed E-state index contributed by atoms with van der Waals surface area (Å²) in [5.41, 5.74) is 3.35. The molecule has 1 aliphatic heterocycles. The quantitative estimate of drug-likeness (QED) is 0.287. The molecule has 0 unspecified atom stereocenters. The first-order valence-corrected chi connectivity index (χ1v) is 18.2. The van der Waals surface area contributed by atoms with Gasteiger partial charge in [0.05, 0.1) is 11.0 Å². The van der Waals surface area contributed by atoms with E-state index in [0.717, 1.165) is 22.9 Å². The standard InChI is InChI=1S/C32H38N2O8S2/c1-22-9-7-8-12-27(22)29-17-23(13-14-28(29)31(35)33-30(32(36)37)15-16-43(2,38)39)19-34-20-26(44(3,40)41)18-24(34)21-42-25-10-5-4-6-11-25/h4-14,17,24,26,30H,15-16,18-21H2,1-3H3,(H,33,35)(H,36,37)/t24-,26-,30+/m1/s1. The van der Waals surface area contributed by atoms with Gasteiger partial charge >= 0.3 is 5.97 Å². The molecule has 12 heteroatoms. The first kappa shape index (κ1) is 33.2. The SMILES string of the molecule is Cc1ccccc1-c1cc(CN2C[C@H](S(C)(=O)=O)C[C@@H]2COc2ccccc2)ccc1C(=O)N[C@@H](CCS(C)(=O)=O)C(=O)O. The molecule has 3 aromatic carbocycles. The number of hydrogen-bond acceptors (Lipinski definition) is 8. The summed E-state index contributed by atoms with van der Waals surface area (Å²) in [6.45, 7) is 2.96. The second-order valence-electron chi connectivity index (χ2n) is 11.4. The number of aliphatic carboxylic acids is 1. The van der Waals surface area contributed by atoms with Gasteiger partial charge < -0.3 is 15.2 Å². The Hall–Kier alpha value is -3.74. The largest absolute Gasteiger partial charge is 0.492 e. The minimum atomic E-state index is -3.43. The maximum atomic E-state index is 13.5. The van der Waals surface area contributed by atoms with Gasteiger partial charge in [-0.2, -0.15) is 0 Å². The Kier molecular flexibility index (Phi) is 10.5. The molecule has 1 heterocycles. The molecule has 0 bridgehead atoms. The molecule has 1 saturated heterocycles. The molecule has 10 nitrogen and oxygen atoms in total. The van der Waals surface area contributed by atoms with E-state index >= 15 is 0 Å². The van der Waals surface area contributed by atoms with Crippen LogP contribution < -0.4 is 10.1 Å². The van der Waals surface area contributed by atoms with Gasteiger partial charge in [-0.15, -0.1) is 0 Å². The van der Waals surface area contributed by atoms with Crippen molar-refractivity contribution in [2.45, 2.75) is 43.6 Å². The lowest BCUT2D eigenvalue weighted by Gasteiger charge is -2.25. The highest BCUT2D eigenvalue weighted by Crippen LogP contribution is 2.31. The smallest absolute Gasteiger partial charge is 0.326 e. The molecule has 1 aliphatic rings. The van der Waals surface area contributed by atoms with Crippen LogP contribution in [0.1, 0.15) is 34.3 Å². The molecular weight excluding hydrogens is 604 g/mol. The number of rotatable bonds is 13. The summed E-state index contributed by atoms with van der Waals surface area (Å²) in [6.07, 6.45) is 2.43. The average Bonchev–Trinajstić information content (AvgIpc) is 3.37. The fourth-order valence-corrected chi connectivity index (χ4v) is 7.07. The van der Waals surface area contributed by atoms with E-state index in [1.165, 1.54) is 6.26 Å². The van der Waals surface area contributed by atoms with Crippen molar-refractivity contribution in [3.05, 3.63) is 89.5 Å². The number of amides is 1. The van der Waals surface area contributed by atoms with Crippen molar-refractivity contribution in [1.29, 1.82) is 0 Å². The van der Waals surface area contributed by atoms with Crippen molar-refractivity contribution in [3.8, 4) is 16.9 Å². The number of carbonyl (C=O) groups is 2. The Labute approximate surface area is 258 Å². The van der Waals surface area contributed by atoms with Crippen molar-refractivity contribution in [1.82, 2.24) is 10.2 Å². The van der Waals surface area contributed by atoms with Crippen LogP contribution in [-0.4, -0.2) is 87.5 Å². The number of nitrogens with one attached hydrogen (secondary N) is 1. The van der Waals surface area contributed by atoms with Gasteiger partial charge in [0.2, 0.25) is 0 Å². The molecule has 236 valence electrons. The highest BCUT2D eigenvalue weighted by atomic mass is 32.2. The van der Waals surface area contributed by atoms with Crippen LogP contribution >= 0.6 is 0 Å². The molecular formula is C32H38N2O8S2. The minimum Gasteiger partial charge on any atom is -0.492 e. The zero-order valence-corrected chi connectivity index (χ0v) is 26.6. The molecule has 3 aromatic rings. The lowest BCUT2D eigenvalue weighted by molar-refractivity contribution is -0.139.